The molecule has 0 atom stereocenters. The van der Waals surface area contributed by atoms with Crippen molar-refractivity contribution < 1.29 is 29.6 Å². The number of rotatable bonds is 2. The summed E-state index contributed by atoms with van der Waals surface area (Å²) in [5.74, 6) is 1.51. The molecule has 0 heterocycles. The monoisotopic (exact) mass is 132 g/mol. The Kier molecular flexibility index (Phi) is 17.3. The van der Waals surface area contributed by atoms with Crippen LogP contribution < -0.4 is 29.6 Å². The summed E-state index contributed by atoms with van der Waals surface area (Å²) >= 11 is 9.80. The van der Waals surface area contributed by atoms with E-state index in [2.05, 4.69) is 12.6 Å². The third-order valence-electron chi connectivity index (χ3n) is 0.278. The summed E-state index contributed by atoms with van der Waals surface area (Å²) < 4.78 is 0. The molecule has 0 rings (SSSR count). The maximum Gasteiger partial charge on any atom is 1.00 e. The summed E-state index contributed by atoms with van der Waals surface area (Å²) in [6, 6.07) is 0. The number of halogens is 1. The second kappa shape index (κ2) is 9.81. The van der Waals surface area contributed by atoms with Crippen LogP contribution in [0.25, 0.3) is 0 Å². The molecule has 0 N–H and O–H groups in total. The first-order valence-corrected chi connectivity index (χ1v) is 2.67. The van der Waals surface area contributed by atoms with Crippen molar-refractivity contribution in [1.82, 2.24) is 0 Å². The molecule has 0 aromatic heterocycles. The van der Waals surface area contributed by atoms with Crippen molar-refractivity contribution >= 4 is 24.2 Å². The molecule has 0 bridgehead atoms. The third kappa shape index (κ3) is 9.16. The Morgan fingerprint density at radius 2 is 2.00 bits per heavy atom. The second-order valence-electron chi connectivity index (χ2n) is 0.747. The second-order valence-corrected chi connectivity index (χ2v) is 1.53. The van der Waals surface area contributed by atoms with E-state index in [-0.39, 0.29) is 29.6 Å². The summed E-state index contributed by atoms with van der Waals surface area (Å²) in [6.07, 6.45) is 0.969. The van der Waals surface area contributed by atoms with E-state index in [4.69, 9.17) is 11.6 Å². The Balaban J connectivity index is 0. The molecule has 6 heavy (non-hydrogen) atoms. The van der Waals surface area contributed by atoms with Crippen molar-refractivity contribution in [2.24, 2.45) is 0 Å². The summed E-state index contributed by atoms with van der Waals surface area (Å²) in [4.78, 5) is 0. The first-order chi connectivity index (χ1) is 2.41. The van der Waals surface area contributed by atoms with Crippen LogP contribution in [0, 0.1) is 0 Å². The Labute approximate surface area is 71.3 Å². The van der Waals surface area contributed by atoms with Gasteiger partial charge < -0.3 is 12.6 Å². The first kappa shape index (κ1) is 10.6. The van der Waals surface area contributed by atoms with Gasteiger partial charge >= 0.3 is 29.6 Å². The molecule has 0 spiro atoms. The van der Waals surface area contributed by atoms with Gasteiger partial charge in [-0.25, -0.2) is 0 Å². The fourth-order valence-electron chi connectivity index (χ4n) is 0.0546. The smallest absolute Gasteiger partial charge is 0.793 e. The molecular weight excluding hydrogens is 127 g/mol. The Morgan fingerprint density at radius 1 is 1.50 bits per heavy atom. The minimum atomic E-state index is 0. The van der Waals surface area contributed by atoms with Crippen LogP contribution in [0.2, 0.25) is 0 Å². The van der Waals surface area contributed by atoms with Gasteiger partial charge in [0.15, 0.2) is 0 Å². The fraction of sp³-hybridized carbons (Fsp3) is 1.00. The number of alkyl halides is 1. The average molecular weight is 133 g/mol. The molecule has 0 aromatic rings. The Bertz CT molecular complexity index is 18.3. The van der Waals surface area contributed by atoms with Gasteiger partial charge in [0.2, 0.25) is 0 Å². The number of hydrogen-bond donors (Lipinski definition) is 0. The molecule has 0 unspecified atom stereocenters. The van der Waals surface area contributed by atoms with E-state index in [9.17, 15) is 0 Å². The van der Waals surface area contributed by atoms with E-state index in [1.54, 1.807) is 0 Å². The van der Waals surface area contributed by atoms with Crippen molar-refractivity contribution in [3.63, 3.8) is 0 Å². The van der Waals surface area contributed by atoms with Crippen molar-refractivity contribution in [1.29, 1.82) is 0 Å². The van der Waals surface area contributed by atoms with E-state index in [0.29, 0.717) is 5.88 Å². The Morgan fingerprint density at radius 3 is 2.00 bits per heavy atom. The van der Waals surface area contributed by atoms with Gasteiger partial charge in [0, 0.05) is 5.88 Å². The zero-order valence-electron chi connectivity index (χ0n) is 3.91. The summed E-state index contributed by atoms with van der Waals surface area (Å²) in [6.45, 7) is 0. The molecular formula is C3H6ClNaS. The van der Waals surface area contributed by atoms with Gasteiger partial charge in [0.25, 0.3) is 0 Å². The Hall–Kier alpha value is 1.64. The molecule has 0 aliphatic heterocycles. The topological polar surface area (TPSA) is 0 Å². The molecule has 0 radical (unpaired) electrons. The quantitative estimate of drug-likeness (QED) is 0.242. The fourth-order valence-corrected chi connectivity index (χ4v) is 0.491. The molecule has 0 aromatic carbocycles. The van der Waals surface area contributed by atoms with Gasteiger partial charge in [-0.05, 0) is 0 Å². The van der Waals surface area contributed by atoms with E-state index in [0.717, 1.165) is 12.2 Å². The predicted molar refractivity (Wildman–Crippen MR) is 27.6 cm³/mol. The van der Waals surface area contributed by atoms with Crippen LogP contribution in [0.3, 0.4) is 0 Å². The zero-order valence-corrected chi connectivity index (χ0v) is 7.48. The van der Waals surface area contributed by atoms with Crippen LogP contribution in [0.15, 0.2) is 0 Å². The van der Waals surface area contributed by atoms with Gasteiger partial charge in [-0.1, -0.05) is 6.42 Å². The number of hydrogen-bond acceptors (Lipinski definition) is 1. The molecule has 0 saturated heterocycles. The van der Waals surface area contributed by atoms with Crippen LogP contribution in [0.1, 0.15) is 6.42 Å². The van der Waals surface area contributed by atoms with Crippen molar-refractivity contribution in [2.45, 2.75) is 6.42 Å². The SMILES string of the molecule is [Na+].[S-]CCCCl. The van der Waals surface area contributed by atoms with Crippen LogP contribution >= 0.6 is 11.6 Å². The minimum absolute atomic E-state index is 0. The maximum absolute atomic E-state index is 5.23. The third-order valence-corrected chi connectivity index (χ3v) is 0.834. The average Bonchev–Trinajstić information content (AvgIpc) is 1.41. The summed E-state index contributed by atoms with van der Waals surface area (Å²) in [5, 5.41) is 0. The normalized spacial score (nSPS) is 7.00. The zero-order chi connectivity index (χ0) is 4.12. The van der Waals surface area contributed by atoms with Crippen LogP contribution in [-0.4, -0.2) is 11.6 Å². The van der Waals surface area contributed by atoms with Crippen LogP contribution in [-0.2, 0) is 12.6 Å². The minimum Gasteiger partial charge on any atom is -0.793 e. The van der Waals surface area contributed by atoms with Gasteiger partial charge in [-0.2, -0.15) is 5.75 Å². The largest absolute Gasteiger partial charge is 1.00 e. The van der Waals surface area contributed by atoms with E-state index in [1.807, 2.05) is 0 Å². The van der Waals surface area contributed by atoms with Crippen LogP contribution in [0.5, 0.6) is 0 Å². The molecule has 0 saturated carbocycles. The molecule has 0 nitrogen and oxygen atoms in total. The van der Waals surface area contributed by atoms with E-state index in [1.165, 1.54) is 0 Å². The molecule has 0 aliphatic rings. The van der Waals surface area contributed by atoms with Gasteiger partial charge in [0.05, 0.1) is 0 Å². The first-order valence-electron chi connectivity index (χ1n) is 1.56. The van der Waals surface area contributed by atoms with E-state index < -0.39 is 0 Å². The summed E-state index contributed by atoms with van der Waals surface area (Å²) in [5.41, 5.74) is 0. The summed E-state index contributed by atoms with van der Waals surface area (Å²) in [7, 11) is 0. The maximum atomic E-state index is 5.23. The van der Waals surface area contributed by atoms with Gasteiger partial charge in [-0.3, -0.25) is 0 Å². The molecule has 0 aliphatic carbocycles. The molecule has 0 amide bonds. The standard InChI is InChI=1S/C3H7ClS.Na/c4-2-1-3-5;/h5H,1-3H2;/q;+1/p-1. The van der Waals surface area contributed by atoms with Crippen molar-refractivity contribution in [3.8, 4) is 0 Å². The van der Waals surface area contributed by atoms with E-state index >= 15 is 0 Å². The van der Waals surface area contributed by atoms with Crippen molar-refractivity contribution in [3.05, 3.63) is 0 Å². The molecule has 32 valence electrons. The molecule has 0 fully saturated rings. The van der Waals surface area contributed by atoms with Crippen LogP contribution in [0.4, 0.5) is 0 Å². The molecule has 3 heteroatoms. The van der Waals surface area contributed by atoms with Crippen molar-refractivity contribution in [2.75, 3.05) is 11.6 Å². The van der Waals surface area contributed by atoms with Gasteiger partial charge in [-0.15, -0.1) is 11.6 Å². The van der Waals surface area contributed by atoms with Gasteiger partial charge in [0.1, 0.15) is 0 Å². The predicted octanol–water partition coefficient (Wildman–Crippen LogP) is -1.83.